The first-order valence-electron chi connectivity index (χ1n) is 6.60. The van der Waals surface area contributed by atoms with Crippen LogP contribution in [0.2, 0.25) is 0 Å². The molecule has 10 heteroatoms. The summed E-state index contributed by atoms with van der Waals surface area (Å²) in [5, 5.41) is -0.952. The number of hydrogen-bond donors (Lipinski definition) is 0. The Balaban J connectivity index is 3.15. The Bertz CT molecular complexity index is 492. The van der Waals surface area contributed by atoms with E-state index in [0.717, 1.165) is 27.7 Å². The first kappa shape index (κ1) is 19.4. The van der Waals surface area contributed by atoms with Gasteiger partial charge in [0.1, 0.15) is 0 Å². The lowest BCUT2D eigenvalue weighted by molar-refractivity contribution is -0.279. The molecule has 0 radical (unpaired) electrons. The fourth-order valence-corrected chi connectivity index (χ4v) is 2.61. The third kappa shape index (κ3) is 5.79. The van der Waals surface area contributed by atoms with Crippen molar-refractivity contribution in [2.45, 2.75) is 57.3 Å². The van der Waals surface area contributed by atoms with Crippen molar-refractivity contribution in [3.8, 4) is 0 Å². The van der Waals surface area contributed by atoms with E-state index in [1.54, 1.807) is 0 Å². The van der Waals surface area contributed by atoms with Crippen LogP contribution in [0, 0.1) is 0 Å². The molecule has 1 aliphatic heterocycles. The van der Waals surface area contributed by atoms with E-state index < -0.39 is 53.5 Å². The predicted octanol–water partition coefficient (Wildman–Crippen LogP) is 0.422. The van der Waals surface area contributed by atoms with Crippen molar-refractivity contribution in [2.75, 3.05) is 0 Å². The molecular weight excluding hydrogens is 380 g/mol. The lowest BCUT2D eigenvalue weighted by atomic mass is 10.0. The number of esters is 4. The number of carbonyl (C=O) groups excluding carboxylic acids is 4. The van der Waals surface area contributed by atoms with Gasteiger partial charge in [-0.05, 0) is 0 Å². The fraction of sp³-hybridized carbons (Fsp3) is 0.692. The van der Waals surface area contributed by atoms with Gasteiger partial charge in [-0.25, -0.2) is 0 Å². The van der Waals surface area contributed by atoms with E-state index in [1.165, 1.54) is 0 Å². The molecule has 9 nitrogen and oxygen atoms in total. The molecule has 1 aliphatic rings. The summed E-state index contributed by atoms with van der Waals surface area (Å²) in [5.74, 6) is -2.78. The highest BCUT2D eigenvalue weighted by Crippen LogP contribution is 2.32. The third-order valence-electron chi connectivity index (χ3n) is 2.63. The molecular formula is C13H17BrO9. The van der Waals surface area contributed by atoms with Crippen LogP contribution in [0.5, 0.6) is 0 Å². The molecule has 0 spiro atoms. The van der Waals surface area contributed by atoms with Crippen molar-refractivity contribution in [1.82, 2.24) is 0 Å². The molecule has 5 atom stereocenters. The third-order valence-corrected chi connectivity index (χ3v) is 3.36. The van der Waals surface area contributed by atoms with Gasteiger partial charge in [0.15, 0.2) is 17.2 Å². The Kier molecular flexibility index (Phi) is 6.95. The van der Waals surface area contributed by atoms with E-state index in [9.17, 15) is 19.2 Å². The maximum atomic E-state index is 11.3. The van der Waals surface area contributed by atoms with Crippen LogP contribution in [0.4, 0.5) is 0 Å². The van der Waals surface area contributed by atoms with Crippen LogP contribution in [0.1, 0.15) is 27.7 Å². The van der Waals surface area contributed by atoms with Gasteiger partial charge in [0.05, 0.1) is 0 Å². The molecule has 0 amide bonds. The lowest BCUT2D eigenvalue weighted by Gasteiger charge is -2.42. The highest BCUT2D eigenvalue weighted by Gasteiger charge is 2.52. The Labute approximate surface area is 140 Å². The van der Waals surface area contributed by atoms with Crippen molar-refractivity contribution in [1.29, 1.82) is 0 Å². The average Bonchev–Trinajstić information content (AvgIpc) is 2.36. The Morgan fingerprint density at radius 3 is 1.52 bits per heavy atom. The smallest absolute Gasteiger partial charge is 0.305 e. The summed E-state index contributed by atoms with van der Waals surface area (Å²) in [6.07, 6.45) is -4.95. The predicted molar refractivity (Wildman–Crippen MR) is 76.0 cm³/mol. The summed E-state index contributed by atoms with van der Waals surface area (Å²) >= 11 is 3.12. The number of hydrogen-bond acceptors (Lipinski definition) is 9. The molecule has 0 unspecified atom stereocenters. The quantitative estimate of drug-likeness (QED) is 0.378. The number of ether oxygens (including phenoxy) is 5. The molecule has 130 valence electrons. The van der Waals surface area contributed by atoms with Gasteiger partial charge in [-0.1, -0.05) is 15.9 Å². The first-order chi connectivity index (χ1) is 10.6. The van der Waals surface area contributed by atoms with Crippen LogP contribution < -0.4 is 0 Å². The normalized spacial score (nSPS) is 30.0. The van der Waals surface area contributed by atoms with Crippen molar-refractivity contribution >= 4 is 39.8 Å². The van der Waals surface area contributed by atoms with Gasteiger partial charge in [-0.2, -0.15) is 0 Å². The SMILES string of the molecule is CC(=O)O[C@H]1O[C@H](Br)[C@@H](OC(C)=O)[C@@H](OC(C)=O)[C@@H]1OC(C)=O. The minimum Gasteiger partial charge on any atom is -0.455 e. The summed E-state index contributed by atoms with van der Waals surface area (Å²) in [6, 6.07) is 0. The first-order valence-corrected chi connectivity index (χ1v) is 7.51. The van der Waals surface area contributed by atoms with Crippen molar-refractivity contribution in [3.63, 3.8) is 0 Å². The van der Waals surface area contributed by atoms with Crippen LogP contribution in [-0.4, -0.2) is 53.5 Å². The van der Waals surface area contributed by atoms with Crippen LogP contribution in [0.15, 0.2) is 0 Å². The van der Waals surface area contributed by atoms with Gasteiger partial charge < -0.3 is 23.7 Å². The van der Waals surface area contributed by atoms with E-state index in [0.29, 0.717) is 0 Å². The van der Waals surface area contributed by atoms with Gasteiger partial charge in [-0.3, -0.25) is 19.2 Å². The zero-order valence-electron chi connectivity index (χ0n) is 12.9. The van der Waals surface area contributed by atoms with Crippen molar-refractivity contribution < 1.29 is 42.9 Å². The summed E-state index contributed by atoms with van der Waals surface area (Å²) in [7, 11) is 0. The maximum Gasteiger partial charge on any atom is 0.305 e. The Morgan fingerprint density at radius 1 is 0.696 bits per heavy atom. The minimum absolute atomic E-state index is 0.660. The van der Waals surface area contributed by atoms with E-state index in [-0.39, 0.29) is 0 Å². The van der Waals surface area contributed by atoms with Crippen LogP contribution in [-0.2, 0) is 42.9 Å². The van der Waals surface area contributed by atoms with Gasteiger partial charge in [0.25, 0.3) is 0 Å². The summed E-state index contributed by atoms with van der Waals surface area (Å²) in [5.41, 5.74) is 0. The van der Waals surface area contributed by atoms with E-state index >= 15 is 0 Å². The highest BCUT2D eigenvalue weighted by atomic mass is 79.9. The van der Waals surface area contributed by atoms with Gasteiger partial charge in [0, 0.05) is 27.7 Å². The second-order valence-corrected chi connectivity index (χ2v) is 5.59. The molecule has 23 heavy (non-hydrogen) atoms. The zero-order valence-corrected chi connectivity index (χ0v) is 14.5. The number of halogens is 1. The van der Waals surface area contributed by atoms with Crippen LogP contribution in [0.25, 0.3) is 0 Å². The molecule has 0 aromatic rings. The molecule has 0 bridgehead atoms. The highest BCUT2D eigenvalue weighted by molar-refractivity contribution is 9.09. The lowest BCUT2D eigenvalue weighted by Crippen LogP contribution is -2.60. The van der Waals surface area contributed by atoms with Gasteiger partial charge >= 0.3 is 23.9 Å². The zero-order chi connectivity index (χ0) is 17.7. The van der Waals surface area contributed by atoms with E-state index in [1.807, 2.05) is 0 Å². The molecule has 0 saturated carbocycles. The van der Waals surface area contributed by atoms with Gasteiger partial charge in [-0.15, -0.1) is 0 Å². The fourth-order valence-electron chi connectivity index (χ4n) is 1.98. The monoisotopic (exact) mass is 396 g/mol. The average molecular weight is 397 g/mol. The molecule has 0 aromatic carbocycles. The van der Waals surface area contributed by atoms with Gasteiger partial charge in [0.2, 0.25) is 12.4 Å². The molecule has 1 saturated heterocycles. The number of rotatable bonds is 4. The second kappa shape index (κ2) is 8.25. The van der Waals surface area contributed by atoms with Crippen LogP contribution >= 0.6 is 15.9 Å². The molecule has 0 N–H and O–H groups in total. The standard InChI is InChI=1S/C13H17BrO9/c1-5(15)19-9-10(20-6(2)16)12(14)23-13(22-8(4)18)11(9)21-7(3)17/h9-13H,1-4H3/t9-,10+,11+,12+,13+/m1/s1. The molecule has 1 fully saturated rings. The van der Waals surface area contributed by atoms with E-state index in [4.69, 9.17) is 23.7 Å². The molecule has 1 rings (SSSR count). The van der Waals surface area contributed by atoms with Crippen molar-refractivity contribution in [3.05, 3.63) is 0 Å². The number of carbonyl (C=O) groups is 4. The number of alkyl halides is 1. The Hall–Kier alpha value is -1.68. The largest absolute Gasteiger partial charge is 0.455 e. The summed E-state index contributed by atoms with van der Waals surface area (Å²) < 4.78 is 25.5. The van der Waals surface area contributed by atoms with E-state index in [2.05, 4.69) is 15.9 Å². The maximum absolute atomic E-state index is 11.3. The molecule has 1 heterocycles. The summed E-state index contributed by atoms with van der Waals surface area (Å²) in [6.45, 7) is 4.55. The minimum atomic E-state index is -1.34. The van der Waals surface area contributed by atoms with Crippen LogP contribution in [0.3, 0.4) is 0 Å². The molecule has 0 aromatic heterocycles. The Morgan fingerprint density at radius 2 is 1.09 bits per heavy atom. The van der Waals surface area contributed by atoms with Crippen molar-refractivity contribution in [2.24, 2.45) is 0 Å². The molecule has 0 aliphatic carbocycles. The topological polar surface area (TPSA) is 114 Å². The summed E-state index contributed by atoms with van der Waals surface area (Å²) in [4.78, 5) is 45.1. The second-order valence-electron chi connectivity index (χ2n) is 4.69.